The van der Waals surface area contributed by atoms with Gasteiger partial charge >= 0.3 is 0 Å². The van der Waals surface area contributed by atoms with E-state index in [9.17, 15) is 13.9 Å². The van der Waals surface area contributed by atoms with Crippen molar-refractivity contribution < 1.29 is 13.9 Å². The number of hydrogen-bond acceptors (Lipinski definition) is 2. The quantitative estimate of drug-likeness (QED) is 0.617. The Morgan fingerprint density at radius 1 is 1.44 bits per heavy atom. The highest BCUT2D eigenvalue weighted by Crippen LogP contribution is 2.24. The molecule has 2 unspecified atom stereocenters. The van der Waals surface area contributed by atoms with Crippen molar-refractivity contribution in [1.82, 2.24) is 0 Å². The lowest BCUT2D eigenvalue weighted by Crippen LogP contribution is -2.19. The number of nitrogens with two attached hydrogens (primary N) is 1. The standard InChI is InChI=1S/C12H15F2N3O/c1-8(18)11(5-16-7-17-6-15)10-4-9(13)2-3-12(10)14/h2-4,6-8,11,18H,5H2,1H3,(H2,15,16,17). The van der Waals surface area contributed by atoms with Gasteiger partial charge in [0.15, 0.2) is 0 Å². The topological polar surface area (TPSA) is 71.0 Å². The number of rotatable bonds is 5. The number of nitrogens with zero attached hydrogens (tertiary/aromatic N) is 2. The number of halogens is 2. The minimum Gasteiger partial charge on any atom is -0.393 e. The van der Waals surface area contributed by atoms with Gasteiger partial charge in [0.05, 0.1) is 19.0 Å². The SMILES string of the molecule is CC(O)C(CN=CN=CN)c1cc(F)ccc1F. The van der Waals surface area contributed by atoms with Crippen molar-refractivity contribution in [2.24, 2.45) is 15.7 Å². The van der Waals surface area contributed by atoms with E-state index in [0.717, 1.165) is 24.5 Å². The first-order valence-corrected chi connectivity index (χ1v) is 5.41. The predicted molar refractivity (Wildman–Crippen MR) is 66.8 cm³/mol. The first-order chi connectivity index (χ1) is 8.56. The van der Waals surface area contributed by atoms with Gasteiger partial charge < -0.3 is 10.8 Å². The van der Waals surface area contributed by atoms with Crippen molar-refractivity contribution in [3.63, 3.8) is 0 Å². The summed E-state index contributed by atoms with van der Waals surface area (Å²) in [5.41, 5.74) is 5.11. The fourth-order valence-corrected chi connectivity index (χ4v) is 1.56. The molecule has 6 heteroatoms. The molecule has 0 saturated carbocycles. The van der Waals surface area contributed by atoms with Crippen molar-refractivity contribution in [1.29, 1.82) is 0 Å². The van der Waals surface area contributed by atoms with Gasteiger partial charge in [-0.15, -0.1) is 0 Å². The van der Waals surface area contributed by atoms with E-state index in [1.807, 2.05) is 0 Å². The van der Waals surface area contributed by atoms with E-state index in [1.165, 1.54) is 13.3 Å². The zero-order chi connectivity index (χ0) is 13.5. The zero-order valence-corrected chi connectivity index (χ0v) is 9.92. The third kappa shape index (κ3) is 3.89. The molecule has 0 spiro atoms. The molecule has 0 aliphatic rings. The van der Waals surface area contributed by atoms with Gasteiger partial charge in [0, 0.05) is 5.92 Å². The molecule has 98 valence electrons. The second-order valence-corrected chi connectivity index (χ2v) is 3.79. The maximum Gasteiger partial charge on any atom is 0.127 e. The first-order valence-electron chi connectivity index (χ1n) is 5.41. The summed E-state index contributed by atoms with van der Waals surface area (Å²) >= 11 is 0. The Morgan fingerprint density at radius 3 is 2.78 bits per heavy atom. The zero-order valence-electron chi connectivity index (χ0n) is 9.92. The molecule has 1 aromatic carbocycles. The molecule has 0 bridgehead atoms. The van der Waals surface area contributed by atoms with Crippen molar-refractivity contribution in [3.8, 4) is 0 Å². The van der Waals surface area contributed by atoms with Crippen LogP contribution in [0, 0.1) is 11.6 Å². The Hall–Kier alpha value is -1.82. The lowest BCUT2D eigenvalue weighted by atomic mass is 9.94. The fraction of sp³-hybridized carbons (Fsp3) is 0.333. The maximum atomic E-state index is 13.6. The van der Waals surface area contributed by atoms with Crippen LogP contribution in [0.5, 0.6) is 0 Å². The number of aliphatic hydroxyl groups is 1. The average Bonchev–Trinajstić information content (AvgIpc) is 2.32. The van der Waals surface area contributed by atoms with Gasteiger partial charge in [-0.1, -0.05) is 0 Å². The molecule has 0 fully saturated rings. The van der Waals surface area contributed by atoms with Crippen molar-refractivity contribution in [2.75, 3.05) is 6.54 Å². The van der Waals surface area contributed by atoms with Crippen LogP contribution >= 0.6 is 0 Å². The highest BCUT2D eigenvalue weighted by molar-refractivity contribution is 5.69. The molecule has 0 aliphatic heterocycles. The molecular weight excluding hydrogens is 240 g/mol. The van der Waals surface area contributed by atoms with Gasteiger partial charge in [0.1, 0.15) is 18.0 Å². The molecular formula is C12H15F2N3O. The molecule has 0 aliphatic carbocycles. The molecule has 0 saturated heterocycles. The largest absolute Gasteiger partial charge is 0.393 e. The van der Waals surface area contributed by atoms with Gasteiger partial charge in [-0.3, -0.25) is 4.99 Å². The Morgan fingerprint density at radius 2 is 2.17 bits per heavy atom. The highest BCUT2D eigenvalue weighted by atomic mass is 19.1. The molecule has 0 radical (unpaired) electrons. The van der Waals surface area contributed by atoms with Crippen LogP contribution < -0.4 is 5.73 Å². The second-order valence-electron chi connectivity index (χ2n) is 3.79. The first kappa shape index (κ1) is 14.2. The summed E-state index contributed by atoms with van der Waals surface area (Å²) in [6.45, 7) is 1.59. The van der Waals surface area contributed by atoms with E-state index in [-0.39, 0.29) is 12.1 Å². The van der Waals surface area contributed by atoms with E-state index in [1.54, 1.807) is 0 Å². The molecule has 0 amide bonds. The maximum absolute atomic E-state index is 13.6. The smallest absolute Gasteiger partial charge is 0.127 e. The molecule has 18 heavy (non-hydrogen) atoms. The van der Waals surface area contributed by atoms with Gasteiger partial charge in [0.25, 0.3) is 0 Å². The average molecular weight is 255 g/mol. The lowest BCUT2D eigenvalue weighted by Gasteiger charge is -2.18. The molecule has 3 N–H and O–H groups in total. The summed E-state index contributed by atoms with van der Waals surface area (Å²) < 4.78 is 26.7. The van der Waals surface area contributed by atoms with Gasteiger partial charge in [-0.25, -0.2) is 13.8 Å². The van der Waals surface area contributed by atoms with Gasteiger partial charge in [-0.05, 0) is 30.7 Å². The van der Waals surface area contributed by atoms with E-state index in [2.05, 4.69) is 9.98 Å². The molecule has 1 rings (SSSR count). The summed E-state index contributed by atoms with van der Waals surface area (Å²) in [7, 11) is 0. The third-order valence-electron chi connectivity index (χ3n) is 2.48. The Balaban J connectivity index is 2.93. The van der Waals surface area contributed by atoms with Crippen LogP contribution in [0.15, 0.2) is 28.2 Å². The minimum atomic E-state index is -0.861. The minimum absolute atomic E-state index is 0.0926. The van der Waals surface area contributed by atoms with Crippen molar-refractivity contribution in [2.45, 2.75) is 18.9 Å². The number of aliphatic imine (C=N–C) groups is 2. The number of hydrogen-bond donors (Lipinski definition) is 2. The summed E-state index contributed by atoms with van der Waals surface area (Å²) in [5, 5.41) is 9.61. The molecule has 0 aromatic heterocycles. The molecule has 0 heterocycles. The van der Waals surface area contributed by atoms with E-state index >= 15 is 0 Å². The van der Waals surface area contributed by atoms with Crippen LogP contribution in [0.25, 0.3) is 0 Å². The lowest BCUT2D eigenvalue weighted by molar-refractivity contribution is 0.163. The van der Waals surface area contributed by atoms with Crippen LogP contribution in [0.3, 0.4) is 0 Å². The van der Waals surface area contributed by atoms with E-state index in [0.29, 0.717) is 0 Å². The Bertz CT molecular complexity index is 447. The summed E-state index contributed by atoms with van der Waals surface area (Å²) in [4.78, 5) is 7.43. The Labute approximate surface area is 104 Å². The van der Waals surface area contributed by atoms with Crippen molar-refractivity contribution in [3.05, 3.63) is 35.4 Å². The third-order valence-corrected chi connectivity index (χ3v) is 2.48. The van der Waals surface area contributed by atoms with Crippen molar-refractivity contribution >= 4 is 12.7 Å². The number of aliphatic hydroxyl groups excluding tert-OH is 1. The monoisotopic (exact) mass is 255 g/mol. The second kappa shape index (κ2) is 6.80. The molecule has 4 nitrogen and oxygen atoms in total. The van der Waals surface area contributed by atoms with Crippen LogP contribution in [-0.4, -0.2) is 30.4 Å². The summed E-state index contributed by atoms with van der Waals surface area (Å²) in [6, 6.07) is 3.12. The van der Waals surface area contributed by atoms with E-state index in [4.69, 9.17) is 5.73 Å². The fourth-order valence-electron chi connectivity index (χ4n) is 1.56. The van der Waals surface area contributed by atoms with Gasteiger partial charge in [-0.2, -0.15) is 0 Å². The molecule has 1 aromatic rings. The summed E-state index contributed by atoms with van der Waals surface area (Å²) in [6.07, 6.45) is 1.40. The summed E-state index contributed by atoms with van der Waals surface area (Å²) in [5.74, 6) is -1.76. The predicted octanol–water partition coefficient (Wildman–Crippen LogP) is 1.44. The number of benzene rings is 1. The van der Waals surface area contributed by atoms with Crippen LogP contribution in [0.1, 0.15) is 18.4 Å². The van der Waals surface area contributed by atoms with Gasteiger partial charge in [0.2, 0.25) is 0 Å². The highest BCUT2D eigenvalue weighted by Gasteiger charge is 2.21. The van der Waals surface area contributed by atoms with Crippen LogP contribution in [0.4, 0.5) is 8.78 Å². The Kier molecular flexibility index (Phi) is 5.38. The van der Waals surface area contributed by atoms with Crippen LogP contribution in [-0.2, 0) is 0 Å². The molecule has 2 atom stereocenters. The van der Waals surface area contributed by atoms with Crippen LogP contribution in [0.2, 0.25) is 0 Å². The van der Waals surface area contributed by atoms with E-state index < -0.39 is 23.7 Å². The normalized spacial score (nSPS) is 15.3.